The lowest BCUT2D eigenvalue weighted by Crippen LogP contribution is -2.43. The van der Waals surface area contributed by atoms with Crippen molar-refractivity contribution >= 4 is 5.91 Å². The second kappa shape index (κ2) is 2.54. The van der Waals surface area contributed by atoms with Crippen LogP contribution >= 0.6 is 0 Å². The second-order valence-electron chi connectivity index (χ2n) is 2.47. The van der Waals surface area contributed by atoms with Crippen LogP contribution in [0.2, 0.25) is 0 Å². The molecule has 0 aromatic carbocycles. The summed E-state index contributed by atoms with van der Waals surface area (Å²) >= 11 is 0. The van der Waals surface area contributed by atoms with Crippen LogP contribution in [-0.4, -0.2) is 31.7 Å². The third kappa shape index (κ3) is 1.11. The summed E-state index contributed by atoms with van der Waals surface area (Å²) in [6, 6.07) is 0. The molecule has 0 aromatic rings. The highest BCUT2D eigenvalue weighted by Crippen LogP contribution is 2.19. The van der Waals surface area contributed by atoms with E-state index in [0.717, 1.165) is 0 Å². The van der Waals surface area contributed by atoms with Crippen LogP contribution < -0.4 is 10.6 Å². The molecule has 1 atom stereocenters. The molecule has 1 rings (SSSR count). The van der Waals surface area contributed by atoms with Gasteiger partial charge in [-0.3, -0.25) is 4.79 Å². The van der Waals surface area contributed by atoms with Gasteiger partial charge in [0.2, 0.25) is 5.67 Å². The fourth-order valence-corrected chi connectivity index (χ4v) is 1.08. The predicted octanol–water partition coefficient (Wildman–Crippen LogP) is -0.566. The van der Waals surface area contributed by atoms with Gasteiger partial charge in [-0.05, 0) is 6.54 Å². The van der Waals surface area contributed by atoms with Gasteiger partial charge >= 0.3 is 0 Å². The maximum atomic E-state index is 13.2. The van der Waals surface area contributed by atoms with E-state index in [1.807, 2.05) is 0 Å². The zero-order valence-electron chi connectivity index (χ0n) is 5.91. The molecule has 4 heteroatoms. The molecule has 10 heavy (non-hydrogen) atoms. The smallest absolute Gasteiger partial charge is 0.258 e. The number of rotatable bonds is 1. The molecule has 0 radical (unpaired) electrons. The SMILES string of the molecule is CNC(=O)C1(F)CCNC1. The number of hydrogen-bond acceptors (Lipinski definition) is 2. The highest BCUT2D eigenvalue weighted by atomic mass is 19.1. The van der Waals surface area contributed by atoms with Crippen LogP contribution in [0.3, 0.4) is 0 Å². The van der Waals surface area contributed by atoms with Crippen molar-refractivity contribution in [2.24, 2.45) is 0 Å². The standard InChI is InChI=1S/C6H11FN2O/c1-8-5(10)6(7)2-3-9-4-6/h9H,2-4H2,1H3,(H,8,10). The molecule has 0 spiro atoms. The quantitative estimate of drug-likeness (QED) is 0.520. The number of hydrogen-bond donors (Lipinski definition) is 2. The number of halogens is 1. The van der Waals surface area contributed by atoms with Crippen molar-refractivity contribution in [3.8, 4) is 0 Å². The highest BCUT2D eigenvalue weighted by Gasteiger charge is 2.40. The summed E-state index contributed by atoms with van der Waals surface area (Å²) < 4.78 is 13.2. The molecule has 3 nitrogen and oxygen atoms in total. The molecule has 2 N–H and O–H groups in total. The Morgan fingerprint density at radius 2 is 2.50 bits per heavy atom. The van der Waals surface area contributed by atoms with Crippen molar-refractivity contribution in [3.63, 3.8) is 0 Å². The van der Waals surface area contributed by atoms with Gasteiger partial charge in [0.25, 0.3) is 5.91 Å². The van der Waals surface area contributed by atoms with Crippen LogP contribution in [0.25, 0.3) is 0 Å². The molecule has 0 bridgehead atoms. The molecule has 1 aliphatic heterocycles. The maximum absolute atomic E-state index is 13.2. The maximum Gasteiger partial charge on any atom is 0.258 e. The number of carbonyl (C=O) groups excluding carboxylic acids is 1. The van der Waals surface area contributed by atoms with E-state index in [1.54, 1.807) is 0 Å². The molecular formula is C6H11FN2O. The van der Waals surface area contributed by atoms with Gasteiger partial charge in [-0.15, -0.1) is 0 Å². The zero-order valence-corrected chi connectivity index (χ0v) is 5.91. The van der Waals surface area contributed by atoms with E-state index in [1.165, 1.54) is 7.05 Å². The molecule has 1 unspecified atom stereocenters. The first kappa shape index (κ1) is 7.47. The Balaban J connectivity index is 2.58. The topological polar surface area (TPSA) is 41.1 Å². The van der Waals surface area contributed by atoms with Gasteiger partial charge in [-0.25, -0.2) is 4.39 Å². The van der Waals surface area contributed by atoms with E-state index in [9.17, 15) is 9.18 Å². The van der Waals surface area contributed by atoms with Crippen molar-refractivity contribution in [1.82, 2.24) is 10.6 Å². The van der Waals surface area contributed by atoms with Crippen molar-refractivity contribution < 1.29 is 9.18 Å². The lowest BCUT2D eigenvalue weighted by molar-refractivity contribution is -0.131. The number of alkyl halides is 1. The van der Waals surface area contributed by atoms with Crippen molar-refractivity contribution in [2.75, 3.05) is 20.1 Å². The van der Waals surface area contributed by atoms with Crippen molar-refractivity contribution in [2.45, 2.75) is 12.1 Å². The van der Waals surface area contributed by atoms with Gasteiger partial charge in [-0.2, -0.15) is 0 Å². The molecule has 0 saturated carbocycles. The number of carbonyl (C=O) groups is 1. The van der Waals surface area contributed by atoms with E-state index in [4.69, 9.17) is 0 Å². The van der Waals surface area contributed by atoms with Crippen LogP contribution in [0.1, 0.15) is 6.42 Å². The summed E-state index contributed by atoms with van der Waals surface area (Å²) in [5, 5.41) is 5.09. The Kier molecular flexibility index (Phi) is 1.89. The molecule has 1 saturated heterocycles. The highest BCUT2D eigenvalue weighted by molar-refractivity contribution is 5.85. The average molecular weight is 146 g/mol. The molecule has 1 amide bonds. The van der Waals surface area contributed by atoms with Gasteiger partial charge in [0.15, 0.2) is 0 Å². The summed E-state index contributed by atoms with van der Waals surface area (Å²) in [5.41, 5.74) is -1.66. The summed E-state index contributed by atoms with van der Waals surface area (Å²) in [5.74, 6) is -0.516. The van der Waals surface area contributed by atoms with Gasteiger partial charge in [0.05, 0.1) is 0 Å². The Hall–Kier alpha value is -0.640. The van der Waals surface area contributed by atoms with Crippen molar-refractivity contribution in [1.29, 1.82) is 0 Å². The predicted molar refractivity (Wildman–Crippen MR) is 35.4 cm³/mol. The zero-order chi connectivity index (χ0) is 7.61. The van der Waals surface area contributed by atoms with Crippen LogP contribution in [0.5, 0.6) is 0 Å². The van der Waals surface area contributed by atoms with Crippen LogP contribution in [0.4, 0.5) is 4.39 Å². The van der Waals surface area contributed by atoms with E-state index in [-0.39, 0.29) is 13.0 Å². The summed E-state index contributed by atoms with van der Waals surface area (Å²) in [6.07, 6.45) is 0.284. The molecule has 0 aliphatic carbocycles. The normalized spacial score (nSPS) is 32.2. The molecular weight excluding hydrogens is 135 g/mol. The first-order chi connectivity index (χ1) is 4.69. The van der Waals surface area contributed by atoms with E-state index in [2.05, 4.69) is 10.6 Å². The fourth-order valence-electron chi connectivity index (χ4n) is 1.08. The first-order valence-corrected chi connectivity index (χ1v) is 3.31. The Morgan fingerprint density at radius 1 is 1.80 bits per heavy atom. The molecule has 58 valence electrons. The number of nitrogens with one attached hydrogen (secondary N) is 2. The molecule has 1 aliphatic rings. The fraction of sp³-hybridized carbons (Fsp3) is 0.833. The van der Waals surface area contributed by atoms with Crippen molar-refractivity contribution in [3.05, 3.63) is 0 Å². The van der Waals surface area contributed by atoms with E-state index in [0.29, 0.717) is 6.54 Å². The largest absolute Gasteiger partial charge is 0.356 e. The Bertz CT molecular complexity index is 143. The summed E-state index contributed by atoms with van der Waals surface area (Å²) in [6.45, 7) is 0.733. The van der Waals surface area contributed by atoms with Crippen LogP contribution in [-0.2, 0) is 4.79 Å². The van der Waals surface area contributed by atoms with Crippen LogP contribution in [0.15, 0.2) is 0 Å². The number of amides is 1. The Morgan fingerprint density at radius 3 is 2.90 bits per heavy atom. The molecule has 1 fully saturated rings. The Labute approximate surface area is 59.0 Å². The average Bonchev–Trinajstić information content (AvgIpc) is 2.36. The third-order valence-corrected chi connectivity index (χ3v) is 1.74. The molecule has 0 aromatic heterocycles. The first-order valence-electron chi connectivity index (χ1n) is 3.31. The van der Waals surface area contributed by atoms with Gasteiger partial charge < -0.3 is 10.6 Å². The van der Waals surface area contributed by atoms with Gasteiger partial charge in [-0.1, -0.05) is 0 Å². The second-order valence-corrected chi connectivity index (χ2v) is 2.47. The monoisotopic (exact) mass is 146 g/mol. The van der Waals surface area contributed by atoms with Gasteiger partial charge in [0.1, 0.15) is 0 Å². The minimum atomic E-state index is -1.66. The molecule has 1 heterocycles. The minimum absolute atomic E-state index is 0.146. The van der Waals surface area contributed by atoms with E-state index < -0.39 is 11.6 Å². The summed E-state index contributed by atoms with van der Waals surface area (Å²) in [4.78, 5) is 10.8. The lowest BCUT2D eigenvalue weighted by atomic mass is 10.1. The van der Waals surface area contributed by atoms with Gasteiger partial charge in [0, 0.05) is 20.0 Å². The summed E-state index contributed by atoms with van der Waals surface area (Å²) in [7, 11) is 1.45. The van der Waals surface area contributed by atoms with Crippen LogP contribution in [0, 0.1) is 0 Å². The minimum Gasteiger partial charge on any atom is -0.356 e. The lowest BCUT2D eigenvalue weighted by Gasteiger charge is -2.14. The van der Waals surface area contributed by atoms with E-state index >= 15 is 0 Å². The third-order valence-electron chi connectivity index (χ3n) is 1.74.